The van der Waals surface area contributed by atoms with E-state index in [4.69, 9.17) is 21.1 Å². The Balaban J connectivity index is 0.00000240. The van der Waals surface area contributed by atoms with Crippen LogP contribution in [-0.2, 0) is 4.74 Å². The van der Waals surface area contributed by atoms with Gasteiger partial charge < -0.3 is 14.8 Å². The van der Waals surface area contributed by atoms with Crippen LogP contribution in [0, 0.1) is 5.82 Å². The Labute approximate surface area is 175 Å². The van der Waals surface area contributed by atoms with Gasteiger partial charge in [0.15, 0.2) is 5.82 Å². The summed E-state index contributed by atoms with van der Waals surface area (Å²) in [7, 11) is 0. The number of aromatic amines is 1. The molecule has 8 nitrogen and oxygen atoms in total. The molecule has 1 saturated heterocycles. The van der Waals surface area contributed by atoms with E-state index in [1.807, 2.05) is 0 Å². The first kappa shape index (κ1) is 21.3. The first-order valence-corrected chi connectivity index (χ1v) is 8.95. The quantitative estimate of drug-likeness (QED) is 0.640. The Bertz CT molecular complexity index is 1030. The van der Waals surface area contributed by atoms with Crippen molar-refractivity contribution >= 4 is 24.0 Å². The average Bonchev–Trinajstić information content (AvgIpc) is 2.99. The lowest BCUT2D eigenvalue weighted by Crippen LogP contribution is -2.34. The van der Waals surface area contributed by atoms with Gasteiger partial charge in [-0.05, 0) is 29.8 Å². The molecule has 11 heteroatoms. The molecule has 2 aromatic heterocycles. The first-order valence-electron chi connectivity index (χ1n) is 8.57. The van der Waals surface area contributed by atoms with Crippen molar-refractivity contribution in [2.24, 2.45) is 0 Å². The fraction of sp³-hybridized carbons (Fsp3) is 0.278. The molecule has 1 aromatic carbocycles. The van der Waals surface area contributed by atoms with E-state index in [0.717, 1.165) is 0 Å². The Morgan fingerprint density at radius 3 is 2.93 bits per heavy atom. The fourth-order valence-electron chi connectivity index (χ4n) is 2.97. The second-order valence-corrected chi connectivity index (χ2v) is 6.53. The number of pyridine rings is 1. The molecule has 0 amide bonds. The van der Waals surface area contributed by atoms with Crippen molar-refractivity contribution in [3.8, 4) is 17.3 Å². The molecular formula is C18H17Cl2FN4O4. The zero-order valence-electron chi connectivity index (χ0n) is 14.9. The van der Waals surface area contributed by atoms with Crippen molar-refractivity contribution in [2.45, 2.75) is 12.2 Å². The normalized spacial score (nSPS) is 19.2. The number of nitrogens with zero attached hydrogens (tertiary/aromatic N) is 2. The molecule has 0 bridgehead atoms. The van der Waals surface area contributed by atoms with Gasteiger partial charge in [0.2, 0.25) is 5.88 Å². The molecule has 3 heterocycles. The maximum atomic E-state index is 14.0. The Morgan fingerprint density at radius 1 is 1.31 bits per heavy atom. The third-order valence-electron chi connectivity index (χ3n) is 4.26. The lowest BCUT2D eigenvalue weighted by molar-refractivity contribution is -0.00996. The van der Waals surface area contributed by atoms with Gasteiger partial charge in [0.1, 0.15) is 18.0 Å². The van der Waals surface area contributed by atoms with Crippen LogP contribution in [-0.4, -0.2) is 40.9 Å². The van der Waals surface area contributed by atoms with Gasteiger partial charge in [-0.1, -0.05) is 22.8 Å². The summed E-state index contributed by atoms with van der Waals surface area (Å²) < 4.78 is 30.5. The van der Waals surface area contributed by atoms with Gasteiger partial charge in [-0.2, -0.15) is 0 Å². The lowest BCUT2D eigenvalue weighted by Gasteiger charge is -2.26. The van der Waals surface area contributed by atoms with Crippen LogP contribution in [0.5, 0.6) is 5.88 Å². The fourth-order valence-corrected chi connectivity index (χ4v) is 3.09. The number of halogens is 3. The summed E-state index contributed by atoms with van der Waals surface area (Å²) >= 11 is 5.79. The largest absolute Gasteiger partial charge is 0.469 e. The topological polar surface area (TPSA) is 102 Å². The van der Waals surface area contributed by atoms with Crippen LogP contribution in [0.15, 0.2) is 45.8 Å². The van der Waals surface area contributed by atoms with E-state index < -0.39 is 23.8 Å². The lowest BCUT2D eigenvalue weighted by atomic mass is 10.0. The maximum Gasteiger partial charge on any atom is 0.439 e. The Kier molecular flexibility index (Phi) is 6.86. The predicted molar refractivity (Wildman–Crippen MR) is 105 cm³/mol. The van der Waals surface area contributed by atoms with Gasteiger partial charge in [0.25, 0.3) is 0 Å². The van der Waals surface area contributed by atoms with Gasteiger partial charge in [0, 0.05) is 19.3 Å². The highest BCUT2D eigenvalue weighted by atomic mass is 35.5. The molecule has 1 fully saturated rings. The van der Waals surface area contributed by atoms with Crippen molar-refractivity contribution in [1.82, 2.24) is 20.4 Å². The number of nitrogens with one attached hydrogen (secondary N) is 2. The third kappa shape index (κ3) is 4.76. The molecular weight excluding hydrogens is 426 g/mol. The molecule has 3 aromatic rings. The summed E-state index contributed by atoms with van der Waals surface area (Å²) in [5.74, 6) is -0.773. The molecule has 4 rings (SSSR count). The third-order valence-corrected chi connectivity index (χ3v) is 4.57. The zero-order chi connectivity index (χ0) is 19.5. The maximum absolute atomic E-state index is 14.0. The second kappa shape index (κ2) is 9.36. The van der Waals surface area contributed by atoms with E-state index in [9.17, 15) is 9.18 Å². The van der Waals surface area contributed by atoms with Crippen molar-refractivity contribution in [3.05, 3.63) is 63.5 Å². The molecule has 0 aliphatic carbocycles. The number of benzene rings is 1. The second-order valence-electron chi connectivity index (χ2n) is 6.13. The molecule has 0 spiro atoms. The van der Waals surface area contributed by atoms with E-state index in [-0.39, 0.29) is 29.1 Å². The minimum atomic E-state index is -0.682. The number of aromatic nitrogens is 3. The molecule has 0 radical (unpaired) electrons. The smallest absolute Gasteiger partial charge is 0.439 e. The van der Waals surface area contributed by atoms with Gasteiger partial charge in [-0.25, -0.2) is 14.2 Å². The summed E-state index contributed by atoms with van der Waals surface area (Å²) in [4.78, 5) is 18.0. The van der Waals surface area contributed by atoms with E-state index in [1.54, 1.807) is 24.4 Å². The van der Waals surface area contributed by atoms with E-state index in [0.29, 0.717) is 30.8 Å². The van der Waals surface area contributed by atoms with Crippen LogP contribution < -0.4 is 15.8 Å². The average molecular weight is 443 g/mol. The summed E-state index contributed by atoms with van der Waals surface area (Å²) in [5.41, 5.74) is 1.06. The van der Waals surface area contributed by atoms with Crippen molar-refractivity contribution in [3.63, 3.8) is 0 Å². The standard InChI is InChI=1S/C18H16ClFN4O4.ClH/c19-12-4-3-10(8-13(12)20)15-14(9-21-6-7-26-15)27-17-11(2-1-5-22-17)16-23-18(25)28-24-16;/h1-5,8,14-15,21H,6-7,9H2,(H,23,24,25);1H/t14-,15+;/m0./s1. The molecule has 154 valence electrons. The van der Waals surface area contributed by atoms with Gasteiger partial charge >= 0.3 is 5.76 Å². The number of rotatable bonds is 4. The van der Waals surface area contributed by atoms with Gasteiger partial charge in [-0.15, -0.1) is 12.4 Å². The Hall–Kier alpha value is -2.46. The molecule has 29 heavy (non-hydrogen) atoms. The molecule has 2 atom stereocenters. The van der Waals surface area contributed by atoms with Gasteiger partial charge in [0.05, 0.1) is 17.2 Å². The van der Waals surface area contributed by atoms with Gasteiger partial charge in [-0.3, -0.25) is 9.51 Å². The number of hydrogen-bond acceptors (Lipinski definition) is 7. The highest BCUT2D eigenvalue weighted by molar-refractivity contribution is 6.30. The minimum Gasteiger partial charge on any atom is -0.469 e. The number of H-pyrrole nitrogens is 1. The first-order chi connectivity index (χ1) is 13.6. The molecule has 0 unspecified atom stereocenters. The van der Waals surface area contributed by atoms with Crippen molar-refractivity contribution in [2.75, 3.05) is 19.7 Å². The summed E-state index contributed by atoms with van der Waals surface area (Å²) in [6.45, 7) is 1.50. The zero-order valence-corrected chi connectivity index (χ0v) is 16.5. The summed E-state index contributed by atoms with van der Waals surface area (Å²) in [5, 5.41) is 6.94. The SMILES string of the molecule is Cl.O=c1[nH]c(-c2cccnc2O[C@H]2CNCCO[C@@H]2c2ccc(Cl)c(F)c2)no1. The Morgan fingerprint density at radius 2 is 2.17 bits per heavy atom. The minimum absolute atomic E-state index is 0. The molecule has 0 saturated carbocycles. The predicted octanol–water partition coefficient (Wildman–Crippen LogP) is 2.75. The number of ether oxygens (including phenoxy) is 2. The molecule has 1 aliphatic rings. The van der Waals surface area contributed by atoms with Crippen molar-refractivity contribution < 1.29 is 18.4 Å². The van der Waals surface area contributed by atoms with Crippen LogP contribution in [0.25, 0.3) is 11.4 Å². The highest BCUT2D eigenvalue weighted by Gasteiger charge is 2.30. The number of hydrogen-bond donors (Lipinski definition) is 2. The van der Waals surface area contributed by atoms with Crippen LogP contribution >= 0.6 is 24.0 Å². The summed E-state index contributed by atoms with van der Waals surface area (Å²) in [6, 6.07) is 7.90. The summed E-state index contributed by atoms with van der Waals surface area (Å²) in [6.07, 6.45) is 0.488. The van der Waals surface area contributed by atoms with E-state index in [1.165, 1.54) is 12.1 Å². The monoisotopic (exact) mass is 442 g/mol. The molecule has 1 aliphatic heterocycles. The van der Waals surface area contributed by atoms with E-state index >= 15 is 0 Å². The van der Waals surface area contributed by atoms with Crippen LogP contribution in [0.3, 0.4) is 0 Å². The van der Waals surface area contributed by atoms with Crippen LogP contribution in [0.4, 0.5) is 4.39 Å². The highest BCUT2D eigenvalue weighted by Crippen LogP contribution is 2.31. The molecule has 2 N–H and O–H groups in total. The van der Waals surface area contributed by atoms with Crippen LogP contribution in [0.2, 0.25) is 5.02 Å². The van der Waals surface area contributed by atoms with Crippen molar-refractivity contribution in [1.29, 1.82) is 0 Å². The van der Waals surface area contributed by atoms with Crippen LogP contribution in [0.1, 0.15) is 11.7 Å². The van der Waals surface area contributed by atoms with E-state index in [2.05, 4.69) is 25.0 Å².